The van der Waals surface area contributed by atoms with Crippen molar-refractivity contribution in [1.29, 1.82) is 0 Å². The van der Waals surface area contributed by atoms with Gasteiger partial charge in [0.25, 0.3) is 0 Å². The van der Waals surface area contributed by atoms with E-state index < -0.39 is 17.4 Å². The molecule has 1 heterocycles. The quantitative estimate of drug-likeness (QED) is 0.620. The lowest BCUT2D eigenvalue weighted by Gasteiger charge is -2.07. The van der Waals surface area contributed by atoms with Gasteiger partial charge in [0.15, 0.2) is 0 Å². The summed E-state index contributed by atoms with van der Waals surface area (Å²) in [7, 11) is 0. The zero-order valence-corrected chi connectivity index (χ0v) is 12.9. The highest BCUT2D eigenvalue weighted by Gasteiger charge is 2.09. The van der Waals surface area contributed by atoms with Crippen molar-refractivity contribution in [1.82, 2.24) is 0 Å². The molecule has 0 aliphatic carbocycles. The van der Waals surface area contributed by atoms with Crippen LogP contribution in [0.1, 0.15) is 20.7 Å². The Morgan fingerprint density at radius 1 is 0.783 bits per heavy atom. The minimum absolute atomic E-state index is 0. The predicted octanol–water partition coefficient (Wildman–Crippen LogP) is 0.517. The van der Waals surface area contributed by atoms with Crippen LogP contribution in [0.5, 0.6) is 0 Å². The van der Waals surface area contributed by atoms with Gasteiger partial charge < -0.3 is 24.2 Å². The molecule has 2 aromatic carbocycles. The van der Waals surface area contributed by atoms with Gasteiger partial charge in [-0.05, 0) is 47.5 Å². The number of aromatic carboxylic acids is 2. The first kappa shape index (κ1) is 18.5. The number of benzene rings is 2. The van der Waals surface area contributed by atoms with Crippen molar-refractivity contribution >= 4 is 58.7 Å². The van der Waals surface area contributed by atoms with Gasteiger partial charge in [0.2, 0.25) is 5.43 Å². The molecule has 3 rings (SSSR count). The highest BCUT2D eigenvalue weighted by Crippen LogP contribution is 2.20. The SMILES string of the molecule is Cl.Cl.O=C([O-])c1ccc2oc3ccc(C(=O)[O-])cc3c(=O)c2c1. The Kier molecular flexibility index (Phi) is 5.37. The number of halogens is 2. The maximum atomic E-state index is 12.4. The van der Waals surface area contributed by atoms with Gasteiger partial charge in [0.05, 0.1) is 22.7 Å². The Labute approximate surface area is 141 Å². The van der Waals surface area contributed by atoms with Crippen LogP contribution in [0, 0.1) is 0 Å². The van der Waals surface area contributed by atoms with E-state index in [0.717, 1.165) is 12.1 Å². The number of carboxylic acids is 2. The Morgan fingerprint density at radius 2 is 1.17 bits per heavy atom. The summed E-state index contributed by atoms with van der Waals surface area (Å²) in [5.41, 5.74) is -0.426. The lowest BCUT2D eigenvalue weighted by molar-refractivity contribution is -0.256. The van der Waals surface area contributed by atoms with Crippen LogP contribution in [0.2, 0.25) is 0 Å². The summed E-state index contributed by atoms with van der Waals surface area (Å²) < 4.78 is 5.47. The fourth-order valence-electron chi connectivity index (χ4n) is 2.11. The van der Waals surface area contributed by atoms with Crippen LogP contribution in [0.15, 0.2) is 45.6 Å². The van der Waals surface area contributed by atoms with Gasteiger partial charge in [-0.25, -0.2) is 0 Å². The molecule has 0 spiro atoms. The molecule has 6 nitrogen and oxygen atoms in total. The molecular formula is C15H8Cl2O6-2. The number of hydrogen-bond acceptors (Lipinski definition) is 6. The Morgan fingerprint density at radius 3 is 1.52 bits per heavy atom. The molecule has 0 unspecified atom stereocenters. The average Bonchev–Trinajstić information content (AvgIpc) is 2.46. The monoisotopic (exact) mass is 354 g/mol. The van der Waals surface area contributed by atoms with Crippen LogP contribution >= 0.6 is 24.8 Å². The topological polar surface area (TPSA) is 110 Å². The van der Waals surface area contributed by atoms with E-state index in [0.29, 0.717) is 0 Å². The number of carbonyl (C=O) groups excluding carboxylic acids is 2. The van der Waals surface area contributed by atoms with E-state index in [2.05, 4.69) is 0 Å². The molecule has 0 N–H and O–H groups in total. The average molecular weight is 355 g/mol. The van der Waals surface area contributed by atoms with Crippen LogP contribution < -0.4 is 15.6 Å². The molecule has 1 aromatic heterocycles. The zero-order chi connectivity index (χ0) is 15.1. The maximum absolute atomic E-state index is 12.4. The maximum Gasteiger partial charge on any atom is 0.200 e. The predicted molar refractivity (Wildman–Crippen MR) is 83.1 cm³/mol. The molecule has 0 bridgehead atoms. The number of rotatable bonds is 2. The van der Waals surface area contributed by atoms with Gasteiger partial charge in [-0.15, -0.1) is 24.8 Å². The minimum atomic E-state index is -1.42. The summed E-state index contributed by atoms with van der Waals surface area (Å²) >= 11 is 0. The van der Waals surface area contributed by atoms with Crippen LogP contribution in [0.4, 0.5) is 0 Å². The van der Waals surface area contributed by atoms with E-state index in [-0.39, 0.29) is 57.9 Å². The standard InChI is InChI=1S/C15H8O6.2ClH/c16-13-9-5-7(14(17)18)1-3-11(9)21-12-4-2-8(15(19)20)6-10(12)13;;/h1-6H,(H,17,18)(H,19,20);2*1H/p-2. The van der Waals surface area contributed by atoms with Crippen molar-refractivity contribution in [2.24, 2.45) is 0 Å². The molecule has 0 saturated heterocycles. The first-order valence-electron chi connectivity index (χ1n) is 5.90. The van der Waals surface area contributed by atoms with Crippen molar-refractivity contribution in [2.75, 3.05) is 0 Å². The molecule has 120 valence electrons. The van der Waals surface area contributed by atoms with Crippen molar-refractivity contribution in [3.63, 3.8) is 0 Å². The molecular weight excluding hydrogens is 347 g/mol. The number of hydrogen-bond donors (Lipinski definition) is 0. The molecule has 0 amide bonds. The molecule has 23 heavy (non-hydrogen) atoms. The minimum Gasteiger partial charge on any atom is -0.545 e. The van der Waals surface area contributed by atoms with Gasteiger partial charge in [0, 0.05) is 0 Å². The summed E-state index contributed by atoms with van der Waals surface area (Å²) in [6.07, 6.45) is 0. The Bertz CT molecular complexity index is 902. The van der Waals surface area contributed by atoms with E-state index in [1.165, 1.54) is 24.3 Å². The fourth-order valence-corrected chi connectivity index (χ4v) is 2.11. The van der Waals surface area contributed by atoms with E-state index in [1.807, 2.05) is 0 Å². The van der Waals surface area contributed by atoms with Crippen molar-refractivity contribution in [3.8, 4) is 0 Å². The molecule has 8 heteroatoms. The molecule has 0 saturated carbocycles. The summed E-state index contributed by atoms with van der Waals surface area (Å²) in [4.78, 5) is 34.0. The van der Waals surface area contributed by atoms with E-state index in [1.54, 1.807) is 0 Å². The second-order valence-electron chi connectivity index (χ2n) is 4.43. The van der Waals surface area contributed by atoms with Crippen molar-refractivity contribution in [2.45, 2.75) is 0 Å². The van der Waals surface area contributed by atoms with Gasteiger partial charge in [0.1, 0.15) is 11.2 Å². The molecule has 0 radical (unpaired) electrons. The number of fused-ring (bicyclic) bond motifs is 2. The largest absolute Gasteiger partial charge is 0.545 e. The smallest absolute Gasteiger partial charge is 0.200 e. The van der Waals surface area contributed by atoms with E-state index in [9.17, 15) is 24.6 Å². The third-order valence-electron chi connectivity index (χ3n) is 3.14. The van der Waals surface area contributed by atoms with Crippen LogP contribution in [0.3, 0.4) is 0 Å². The van der Waals surface area contributed by atoms with Gasteiger partial charge in [-0.1, -0.05) is 0 Å². The van der Waals surface area contributed by atoms with Gasteiger partial charge in [-0.2, -0.15) is 0 Å². The molecule has 0 aliphatic rings. The van der Waals surface area contributed by atoms with Crippen LogP contribution in [0.25, 0.3) is 21.9 Å². The second-order valence-corrected chi connectivity index (χ2v) is 4.43. The van der Waals surface area contributed by atoms with Crippen LogP contribution in [-0.4, -0.2) is 11.9 Å². The normalized spacial score (nSPS) is 9.91. The third-order valence-corrected chi connectivity index (χ3v) is 3.14. The molecule has 0 aliphatic heterocycles. The highest BCUT2D eigenvalue weighted by atomic mass is 35.5. The third kappa shape index (κ3) is 3.13. The fraction of sp³-hybridized carbons (Fsp3) is 0. The molecule has 3 aromatic rings. The first-order chi connectivity index (χ1) is 9.97. The summed E-state index contributed by atoms with van der Waals surface area (Å²) in [6.45, 7) is 0. The molecule has 0 atom stereocenters. The van der Waals surface area contributed by atoms with Crippen molar-refractivity contribution < 1.29 is 24.2 Å². The zero-order valence-electron chi connectivity index (χ0n) is 11.2. The van der Waals surface area contributed by atoms with E-state index in [4.69, 9.17) is 4.42 Å². The summed E-state index contributed by atoms with van der Waals surface area (Å²) in [5, 5.41) is 21.7. The molecule has 0 fully saturated rings. The Balaban J connectivity index is 0.00000132. The van der Waals surface area contributed by atoms with Gasteiger partial charge in [-0.3, -0.25) is 4.79 Å². The second kappa shape index (κ2) is 6.68. The lowest BCUT2D eigenvalue weighted by atomic mass is 10.1. The number of carboxylic acid groups (broad SMARTS) is 2. The van der Waals surface area contributed by atoms with Gasteiger partial charge >= 0.3 is 0 Å². The van der Waals surface area contributed by atoms with Crippen LogP contribution in [-0.2, 0) is 0 Å². The highest BCUT2D eigenvalue weighted by molar-refractivity contribution is 5.97. The summed E-state index contributed by atoms with van der Waals surface area (Å²) in [6, 6.07) is 7.52. The number of carbonyl (C=O) groups is 2. The summed E-state index contributed by atoms with van der Waals surface area (Å²) in [5.74, 6) is -2.83. The first-order valence-corrected chi connectivity index (χ1v) is 5.90. The van der Waals surface area contributed by atoms with E-state index >= 15 is 0 Å². The lowest BCUT2D eigenvalue weighted by Crippen LogP contribution is -2.23. The Hall–Kier alpha value is -2.57. The van der Waals surface area contributed by atoms with Crippen molar-refractivity contribution in [3.05, 3.63) is 57.7 Å².